The molecule has 0 saturated heterocycles. The van der Waals surface area contributed by atoms with Crippen LogP contribution in [0.15, 0.2) is 79.1 Å². The predicted molar refractivity (Wildman–Crippen MR) is 141 cm³/mol. The summed E-state index contributed by atoms with van der Waals surface area (Å²) in [5, 5.41) is 12.2. The second kappa shape index (κ2) is 15.4. The lowest BCUT2D eigenvalue weighted by Gasteiger charge is -2.18. The number of carbonyl (C=O) groups is 2. The zero-order valence-electron chi connectivity index (χ0n) is 20.8. The Morgan fingerprint density at radius 1 is 0.778 bits per heavy atom. The summed E-state index contributed by atoms with van der Waals surface area (Å²) in [4.78, 5) is 27.7. The fourth-order valence-electron chi connectivity index (χ4n) is 4.09. The molecule has 3 rings (SSSR count). The van der Waals surface area contributed by atoms with E-state index in [0.29, 0.717) is 19.3 Å². The summed E-state index contributed by atoms with van der Waals surface area (Å²) < 4.78 is 5.84. The van der Waals surface area contributed by atoms with Gasteiger partial charge in [-0.1, -0.05) is 49.2 Å². The number of nitrogens with zero attached hydrogens (tertiary/aromatic N) is 1. The molecule has 2 N–H and O–H groups in total. The van der Waals surface area contributed by atoms with Crippen molar-refractivity contribution in [3.63, 3.8) is 0 Å². The number of rotatable bonds is 16. The van der Waals surface area contributed by atoms with Crippen molar-refractivity contribution < 1.29 is 19.4 Å². The minimum atomic E-state index is -0.842. The van der Waals surface area contributed by atoms with E-state index in [1.807, 2.05) is 66.9 Å². The van der Waals surface area contributed by atoms with E-state index in [9.17, 15) is 9.59 Å². The molecule has 3 aromatic rings. The van der Waals surface area contributed by atoms with Gasteiger partial charge in [0, 0.05) is 31.3 Å². The Hall–Kier alpha value is -3.67. The van der Waals surface area contributed by atoms with Crippen LogP contribution in [0.4, 0.5) is 0 Å². The minimum absolute atomic E-state index is 0.00394. The van der Waals surface area contributed by atoms with Crippen LogP contribution in [0, 0.1) is 0 Å². The third-order valence-corrected chi connectivity index (χ3v) is 6.10. The van der Waals surface area contributed by atoms with Crippen molar-refractivity contribution >= 4 is 11.9 Å². The summed E-state index contributed by atoms with van der Waals surface area (Å²) in [6, 6.07) is 21.4. The maximum absolute atomic E-state index is 12.5. The number of aryl methyl sites for hydroxylation is 2. The number of para-hydroxylation sites is 1. The molecule has 1 heterocycles. The van der Waals surface area contributed by atoms with Gasteiger partial charge in [-0.3, -0.25) is 14.6 Å². The lowest BCUT2D eigenvalue weighted by molar-refractivity contribution is -0.137. The molecule has 6 heteroatoms. The fourth-order valence-corrected chi connectivity index (χ4v) is 4.09. The Morgan fingerprint density at radius 2 is 1.53 bits per heavy atom. The number of nitrogens with one attached hydrogen (secondary N) is 1. The van der Waals surface area contributed by atoms with Gasteiger partial charge in [-0.25, -0.2) is 0 Å². The van der Waals surface area contributed by atoms with Gasteiger partial charge in [0.2, 0.25) is 5.91 Å². The molecule has 2 aromatic carbocycles. The number of ether oxygens (including phenoxy) is 1. The van der Waals surface area contributed by atoms with Crippen LogP contribution < -0.4 is 10.1 Å². The first-order valence-corrected chi connectivity index (χ1v) is 12.8. The van der Waals surface area contributed by atoms with Crippen molar-refractivity contribution in [3.05, 3.63) is 90.3 Å². The van der Waals surface area contributed by atoms with Crippen molar-refractivity contribution in [1.82, 2.24) is 10.3 Å². The Labute approximate surface area is 213 Å². The van der Waals surface area contributed by atoms with E-state index in [0.717, 1.165) is 55.6 Å². The number of benzene rings is 2. The second-order valence-electron chi connectivity index (χ2n) is 9.07. The smallest absolute Gasteiger partial charge is 0.303 e. The molecule has 0 bridgehead atoms. The molecule has 1 atom stereocenters. The SMILES string of the molecule is O=C(O)CC[C@@H](CCc1ccc(Oc2ccccc2)cc1)NC(=O)CCCCCCc1cccnc1. The average molecular weight is 489 g/mol. The van der Waals surface area contributed by atoms with Crippen LogP contribution in [-0.4, -0.2) is 28.0 Å². The normalized spacial score (nSPS) is 11.6. The highest BCUT2D eigenvalue weighted by molar-refractivity contribution is 5.76. The van der Waals surface area contributed by atoms with Crippen molar-refractivity contribution in [1.29, 1.82) is 0 Å². The monoisotopic (exact) mass is 488 g/mol. The van der Waals surface area contributed by atoms with E-state index >= 15 is 0 Å². The number of hydrogen-bond donors (Lipinski definition) is 2. The molecule has 190 valence electrons. The van der Waals surface area contributed by atoms with Gasteiger partial charge in [-0.05, 0) is 80.0 Å². The van der Waals surface area contributed by atoms with Gasteiger partial charge < -0.3 is 15.2 Å². The van der Waals surface area contributed by atoms with Crippen molar-refractivity contribution in [2.24, 2.45) is 0 Å². The van der Waals surface area contributed by atoms with Crippen molar-refractivity contribution in [2.75, 3.05) is 0 Å². The van der Waals surface area contributed by atoms with Gasteiger partial charge >= 0.3 is 5.97 Å². The molecule has 6 nitrogen and oxygen atoms in total. The summed E-state index contributed by atoms with van der Waals surface area (Å²) in [5.41, 5.74) is 2.37. The molecule has 0 unspecified atom stereocenters. The van der Waals surface area contributed by atoms with Crippen LogP contribution in [0.3, 0.4) is 0 Å². The molecular weight excluding hydrogens is 452 g/mol. The predicted octanol–water partition coefficient (Wildman–Crippen LogP) is 6.35. The topological polar surface area (TPSA) is 88.5 Å². The molecule has 1 amide bonds. The molecule has 0 radical (unpaired) electrons. The van der Waals surface area contributed by atoms with Gasteiger partial charge in [0.25, 0.3) is 0 Å². The van der Waals surface area contributed by atoms with E-state index in [2.05, 4.69) is 16.4 Å². The third kappa shape index (κ3) is 10.7. The van der Waals surface area contributed by atoms with Crippen LogP contribution in [0.25, 0.3) is 0 Å². The molecule has 0 spiro atoms. The number of aliphatic carboxylic acids is 1. The minimum Gasteiger partial charge on any atom is -0.481 e. The summed E-state index contributed by atoms with van der Waals surface area (Å²) in [5.74, 6) is 0.714. The first-order chi connectivity index (χ1) is 17.6. The molecule has 0 aliphatic rings. The molecule has 0 aliphatic heterocycles. The molecule has 36 heavy (non-hydrogen) atoms. The number of hydrogen-bond acceptors (Lipinski definition) is 4. The highest BCUT2D eigenvalue weighted by Crippen LogP contribution is 2.22. The van der Waals surface area contributed by atoms with E-state index in [1.165, 1.54) is 5.56 Å². The van der Waals surface area contributed by atoms with Crippen LogP contribution in [0.1, 0.15) is 62.5 Å². The first-order valence-electron chi connectivity index (χ1n) is 12.8. The Kier molecular flexibility index (Phi) is 11.5. The number of carboxylic acid groups (broad SMARTS) is 1. The third-order valence-electron chi connectivity index (χ3n) is 6.10. The van der Waals surface area contributed by atoms with Crippen molar-refractivity contribution in [3.8, 4) is 11.5 Å². The summed E-state index contributed by atoms with van der Waals surface area (Å²) in [6.45, 7) is 0. The lowest BCUT2D eigenvalue weighted by Crippen LogP contribution is -2.35. The second-order valence-corrected chi connectivity index (χ2v) is 9.07. The fraction of sp³-hybridized carbons (Fsp3) is 0.367. The number of pyridine rings is 1. The highest BCUT2D eigenvalue weighted by Gasteiger charge is 2.14. The average Bonchev–Trinajstić information content (AvgIpc) is 2.89. The van der Waals surface area contributed by atoms with Crippen LogP contribution in [0.2, 0.25) is 0 Å². The quantitative estimate of drug-likeness (QED) is 0.229. The Bertz CT molecular complexity index is 1040. The molecule has 1 aromatic heterocycles. The van der Waals surface area contributed by atoms with E-state index < -0.39 is 5.97 Å². The van der Waals surface area contributed by atoms with E-state index in [4.69, 9.17) is 9.84 Å². The van der Waals surface area contributed by atoms with Gasteiger partial charge in [-0.2, -0.15) is 0 Å². The summed E-state index contributed by atoms with van der Waals surface area (Å²) in [6.07, 6.45) is 11.1. The number of amides is 1. The molecular formula is C30H36N2O4. The number of unbranched alkanes of at least 4 members (excludes halogenated alkanes) is 3. The van der Waals surface area contributed by atoms with Crippen LogP contribution >= 0.6 is 0 Å². The van der Waals surface area contributed by atoms with E-state index in [-0.39, 0.29) is 18.4 Å². The lowest BCUT2D eigenvalue weighted by atomic mass is 10.0. The molecule has 0 saturated carbocycles. The largest absolute Gasteiger partial charge is 0.481 e. The standard InChI is InChI=1S/C30H36N2O4/c33-29(13-7-2-1-4-9-25-10-8-22-31-23-25)32-26(18-21-30(34)35)17-14-24-15-19-28(20-16-24)36-27-11-5-3-6-12-27/h3,5-6,8,10-12,15-16,19-20,22-23,26H,1-2,4,7,9,13-14,17-18,21H2,(H,32,33)(H,34,35)/t26-/m1/s1. The van der Waals surface area contributed by atoms with Crippen molar-refractivity contribution in [2.45, 2.75) is 70.3 Å². The number of carboxylic acids is 1. The first kappa shape index (κ1) is 26.9. The zero-order valence-corrected chi connectivity index (χ0v) is 20.8. The Balaban J connectivity index is 1.38. The maximum Gasteiger partial charge on any atom is 0.303 e. The summed E-state index contributed by atoms with van der Waals surface area (Å²) in [7, 11) is 0. The van der Waals surface area contributed by atoms with Gasteiger partial charge in [0.1, 0.15) is 11.5 Å². The Morgan fingerprint density at radius 3 is 2.25 bits per heavy atom. The molecule has 0 aliphatic carbocycles. The number of carbonyl (C=O) groups excluding carboxylic acids is 1. The van der Waals surface area contributed by atoms with E-state index in [1.54, 1.807) is 6.20 Å². The van der Waals surface area contributed by atoms with Gasteiger partial charge in [0.05, 0.1) is 0 Å². The van der Waals surface area contributed by atoms with Crippen LogP contribution in [-0.2, 0) is 22.4 Å². The molecule has 0 fully saturated rings. The van der Waals surface area contributed by atoms with Crippen LogP contribution in [0.5, 0.6) is 11.5 Å². The highest BCUT2D eigenvalue weighted by atomic mass is 16.5. The maximum atomic E-state index is 12.5. The number of aromatic nitrogens is 1. The summed E-state index contributed by atoms with van der Waals surface area (Å²) >= 11 is 0. The zero-order chi connectivity index (χ0) is 25.4. The van der Waals surface area contributed by atoms with Gasteiger partial charge in [-0.15, -0.1) is 0 Å². The van der Waals surface area contributed by atoms with Gasteiger partial charge in [0.15, 0.2) is 0 Å².